The Morgan fingerprint density at radius 3 is 2.26 bits per heavy atom. The second kappa shape index (κ2) is 7.94. The Balaban J connectivity index is 1.83. The van der Waals surface area contributed by atoms with Crippen LogP contribution in [0.15, 0.2) is 54.6 Å². The van der Waals surface area contributed by atoms with Crippen LogP contribution in [0.3, 0.4) is 0 Å². The van der Waals surface area contributed by atoms with Crippen molar-refractivity contribution in [3.8, 4) is 0 Å². The van der Waals surface area contributed by atoms with Crippen molar-refractivity contribution in [1.82, 2.24) is 0 Å². The number of halogens is 3. The van der Waals surface area contributed by atoms with Crippen molar-refractivity contribution in [1.29, 1.82) is 0 Å². The first kappa shape index (κ1) is 19.1. The number of esters is 1. The molecule has 3 nitrogen and oxygen atoms in total. The molecule has 0 aromatic heterocycles. The fourth-order valence-corrected chi connectivity index (χ4v) is 3.33. The number of ether oxygens (including phenoxy) is 1. The molecule has 0 N–H and O–H groups in total. The molecule has 0 aliphatic heterocycles. The zero-order valence-corrected chi connectivity index (χ0v) is 14.5. The summed E-state index contributed by atoms with van der Waals surface area (Å²) in [6, 6.07) is 12.9. The predicted molar refractivity (Wildman–Crippen MR) is 93.0 cm³/mol. The van der Waals surface area contributed by atoms with E-state index < -0.39 is 29.7 Å². The first-order valence-electron chi connectivity index (χ1n) is 8.82. The van der Waals surface area contributed by atoms with Crippen molar-refractivity contribution in [3.63, 3.8) is 0 Å². The average molecular weight is 376 g/mol. The van der Waals surface area contributed by atoms with Crippen LogP contribution in [0, 0.1) is 5.92 Å². The van der Waals surface area contributed by atoms with Gasteiger partial charge in [-0.25, -0.2) is 4.79 Å². The van der Waals surface area contributed by atoms with Crippen LogP contribution in [0.1, 0.15) is 53.3 Å². The summed E-state index contributed by atoms with van der Waals surface area (Å²) >= 11 is 0. The third-order valence-electron chi connectivity index (χ3n) is 4.78. The van der Waals surface area contributed by atoms with Crippen LogP contribution in [0.25, 0.3) is 0 Å². The largest absolute Gasteiger partial charge is 0.453 e. The molecule has 2 aromatic carbocycles. The van der Waals surface area contributed by atoms with E-state index in [1.807, 2.05) is 6.07 Å². The van der Waals surface area contributed by atoms with Gasteiger partial charge in [-0.3, -0.25) is 4.79 Å². The number of carbonyl (C=O) groups is 2. The molecule has 0 heterocycles. The molecule has 27 heavy (non-hydrogen) atoms. The first-order valence-corrected chi connectivity index (χ1v) is 8.82. The minimum Gasteiger partial charge on any atom is -0.453 e. The molecule has 3 rings (SSSR count). The Hall–Kier alpha value is -2.63. The second-order valence-corrected chi connectivity index (χ2v) is 6.63. The van der Waals surface area contributed by atoms with Crippen molar-refractivity contribution >= 4 is 11.8 Å². The van der Waals surface area contributed by atoms with Gasteiger partial charge in [0.05, 0.1) is 17.0 Å². The standard InChI is InChI=1S/C21H19F3O3/c22-21(23,24)16-12-10-15(11-13-16)20(26)27-19(14-6-2-1-3-7-14)17-8-4-5-9-18(17)25/h1-3,6-7,10-13,17,19H,4-5,8-9H2. The van der Waals surface area contributed by atoms with E-state index >= 15 is 0 Å². The number of hydrogen-bond acceptors (Lipinski definition) is 3. The molecule has 2 atom stereocenters. The summed E-state index contributed by atoms with van der Waals surface area (Å²) in [6.07, 6.45) is -2.44. The van der Waals surface area contributed by atoms with E-state index in [0.29, 0.717) is 18.4 Å². The minimum atomic E-state index is -4.47. The maximum absolute atomic E-state index is 12.7. The maximum Gasteiger partial charge on any atom is 0.416 e. The molecule has 0 amide bonds. The topological polar surface area (TPSA) is 43.4 Å². The SMILES string of the molecule is O=C(OC(c1ccccc1)C1CCCCC1=O)c1ccc(C(F)(F)F)cc1. The maximum atomic E-state index is 12.7. The van der Waals surface area contributed by atoms with Crippen molar-refractivity contribution < 1.29 is 27.5 Å². The molecule has 6 heteroatoms. The van der Waals surface area contributed by atoms with Gasteiger partial charge in [0.2, 0.25) is 0 Å². The third-order valence-corrected chi connectivity index (χ3v) is 4.78. The lowest BCUT2D eigenvalue weighted by Crippen LogP contribution is -2.29. The first-order chi connectivity index (χ1) is 12.9. The van der Waals surface area contributed by atoms with E-state index in [-0.39, 0.29) is 11.3 Å². The molecule has 0 spiro atoms. The summed E-state index contributed by atoms with van der Waals surface area (Å²) in [5.74, 6) is -1.12. The van der Waals surface area contributed by atoms with Crippen molar-refractivity contribution in [2.45, 2.75) is 38.0 Å². The van der Waals surface area contributed by atoms with Crippen LogP contribution in [0.4, 0.5) is 13.2 Å². The summed E-state index contributed by atoms with van der Waals surface area (Å²) in [5, 5.41) is 0. The van der Waals surface area contributed by atoms with Crippen LogP contribution in [0.2, 0.25) is 0 Å². The van der Waals surface area contributed by atoms with E-state index in [1.165, 1.54) is 0 Å². The highest BCUT2D eigenvalue weighted by Crippen LogP contribution is 2.36. The predicted octanol–water partition coefficient (Wildman–Crippen LogP) is 5.36. The molecule has 1 saturated carbocycles. The highest BCUT2D eigenvalue weighted by Gasteiger charge is 2.35. The Morgan fingerprint density at radius 1 is 1.00 bits per heavy atom. The van der Waals surface area contributed by atoms with Gasteiger partial charge in [-0.2, -0.15) is 13.2 Å². The molecular weight excluding hydrogens is 357 g/mol. The number of rotatable bonds is 4. The van der Waals surface area contributed by atoms with Gasteiger partial charge in [-0.15, -0.1) is 0 Å². The number of benzene rings is 2. The van der Waals surface area contributed by atoms with Crippen LogP contribution in [0.5, 0.6) is 0 Å². The number of alkyl halides is 3. The summed E-state index contributed by atoms with van der Waals surface area (Å²) in [6.45, 7) is 0. The van der Waals surface area contributed by atoms with Gasteiger partial charge >= 0.3 is 12.1 Å². The van der Waals surface area contributed by atoms with E-state index in [9.17, 15) is 22.8 Å². The monoisotopic (exact) mass is 376 g/mol. The fourth-order valence-electron chi connectivity index (χ4n) is 3.33. The molecule has 2 unspecified atom stereocenters. The molecule has 1 aliphatic carbocycles. The van der Waals surface area contributed by atoms with Crippen LogP contribution in [-0.2, 0) is 15.7 Å². The Bertz CT molecular complexity index is 798. The average Bonchev–Trinajstić information content (AvgIpc) is 2.67. The van der Waals surface area contributed by atoms with E-state index in [4.69, 9.17) is 4.74 Å². The molecule has 142 valence electrons. The van der Waals surface area contributed by atoms with Gasteiger partial charge in [-0.1, -0.05) is 36.8 Å². The fraction of sp³-hybridized carbons (Fsp3) is 0.333. The van der Waals surface area contributed by atoms with Crippen molar-refractivity contribution in [2.75, 3.05) is 0 Å². The zero-order valence-electron chi connectivity index (χ0n) is 14.5. The van der Waals surface area contributed by atoms with Crippen molar-refractivity contribution in [3.05, 3.63) is 71.3 Å². The Labute approximate surface area is 155 Å². The van der Waals surface area contributed by atoms with Crippen LogP contribution in [-0.4, -0.2) is 11.8 Å². The van der Waals surface area contributed by atoms with Gasteiger partial charge in [0, 0.05) is 6.42 Å². The lowest BCUT2D eigenvalue weighted by Gasteiger charge is -2.29. The van der Waals surface area contributed by atoms with E-state index in [0.717, 1.165) is 37.1 Å². The van der Waals surface area contributed by atoms with E-state index in [1.54, 1.807) is 24.3 Å². The molecule has 0 radical (unpaired) electrons. The highest BCUT2D eigenvalue weighted by molar-refractivity contribution is 5.90. The number of Topliss-reactive ketones (excluding diaryl/α,β-unsaturated/α-hetero) is 1. The highest BCUT2D eigenvalue weighted by atomic mass is 19.4. The Kier molecular flexibility index (Phi) is 5.63. The smallest absolute Gasteiger partial charge is 0.416 e. The quantitative estimate of drug-likeness (QED) is 0.675. The van der Waals surface area contributed by atoms with Gasteiger partial charge < -0.3 is 4.74 Å². The molecule has 1 aliphatic rings. The molecule has 0 saturated heterocycles. The third kappa shape index (κ3) is 4.56. The lowest BCUT2D eigenvalue weighted by atomic mass is 9.81. The number of carbonyl (C=O) groups excluding carboxylic acids is 2. The van der Waals surface area contributed by atoms with Crippen LogP contribution >= 0.6 is 0 Å². The van der Waals surface area contributed by atoms with E-state index in [2.05, 4.69) is 0 Å². The molecule has 2 aromatic rings. The van der Waals surface area contributed by atoms with Gasteiger partial charge in [-0.05, 0) is 42.7 Å². The van der Waals surface area contributed by atoms with Gasteiger partial charge in [0.25, 0.3) is 0 Å². The Morgan fingerprint density at radius 2 is 1.67 bits per heavy atom. The van der Waals surface area contributed by atoms with Gasteiger partial charge in [0.1, 0.15) is 11.9 Å². The number of ketones is 1. The second-order valence-electron chi connectivity index (χ2n) is 6.63. The van der Waals surface area contributed by atoms with Gasteiger partial charge in [0.15, 0.2) is 0 Å². The molecule has 0 bridgehead atoms. The van der Waals surface area contributed by atoms with Crippen molar-refractivity contribution in [2.24, 2.45) is 5.92 Å². The lowest BCUT2D eigenvalue weighted by molar-refractivity contribution is -0.137. The normalized spacial score (nSPS) is 18.8. The summed E-state index contributed by atoms with van der Waals surface area (Å²) in [5.41, 5.74) is -0.105. The summed E-state index contributed by atoms with van der Waals surface area (Å²) in [7, 11) is 0. The summed E-state index contributed by atoms with van der Waals surface area (Å²) in [4.78, 5) is 24.9. The van der Waals surface area contributed by atoms with Crippen LogP contribution < -0.4 is 0 Å². The summed E-state index contributed by atoms with van der Waals surface area (Å²) < 4.78 is 43.7. The zero-order chi connectivity index (χ0) is 19.4. The minimum absolute atomic E-state index is 0.0205. The molecular formula is C21H19F3O3. The number of hydrogen-bond donors (Lipinski definition) is 0. The molecule has 1 fully saturated rings.